The first-order valence-corrected chi connectivity index (χ1v) is 8.65. The molecule has 0 saturated carbocycles. The Morgan fingerprint density at radius 2 is 1.79 bits per heavy atom. The maximum absolute atomic E-state index is 12.7. The molecule has 0 bridgehead atoms. The van der Waals surface area contributed by atoms with Gasteiger partial charge in [-0.05, 0) is 60.5 Å². The van der Waals surface area contributed by atoms with Crippen molar-refractivity contribution in [2.45, 2.75) is 72.1 Å². The number of aromatic nitrogens is 2. The Labute approximate surface area is 145 Å². The number of nitrogens with one attached hydrogen (secondary N) is 1. The molecule has 1 N–H and O–H groups in total. The summed E-state index contributed by atoms with van der Waals surface area (Å²) in [5.74, 6) is 0. The van der Waals surface area contributed by atoms with Crippen molar-refractivity contribution >= 4 is 6.03 Å². The van der Waals surface area contributed by atoms with Crippen LogP contribution in [0.15, 0.2) is 0 Å². The fourth-order valence-electron chi connectivity index (χ4n) is 3.70. The maximum Gasteiger partial charge on any atom is 0.317 e. The van der Waals surface area contributed by atoms with Crippen molar-refractivity contribution in [3.05, 3.63) is 17.0 Å². The molecule has 1 saturated heterocycles. The van der Waals surface area contributed by atoms with Gasteiger partial charge in [-0.1, -0.05) is 0 Å². The van der Waals surface area contributed by atoms with Gasteiger partial charge in [0.25, 0.3) is 0 Å². The Kier molecular flexibility index (Phi) is 5.00. The maximum atomic E-state index is 12.7. The first-order valence-electron chi connectivity index (χ1n) is 8.65. The Morgan fingerprint density at radius 3 is 2.25 bits per heavy atom. The molecule has 1 aliphatic heterocycles. The van der Waals surface area contributed by atoms with Gasteiger partial charge in [0.05, 0.1) is 30.0 Å². The SMILES string of the molecule is Cc1nn(C)c(C)c1C[C@@H](C)NC(=O)N1CC(C)(C)OC(C)(C)C1. The second-order valence-electron chi connectivity index (χ2n) is 8.31. The number of aryl methyl sites for hydroxylation is 2. The van der Waals surface area contributed by atoms with Gasteiger partial charge in [-0.2, -0.15) is 5.10 Å². The van der Waals surface area contributed by atoms with Crippen LogP contribution in [0.5, 0.6) is 0 Å². The van der Waals surface area contributed by atoms with Crippen LogP contribution in [-0.4, -0.2) is 51.0 Å². The zero-order chi connectivity index (χ0) is 18.3. The monoisotopic (exact) mass is 336 g/mol. The van der Waals surface area contributed by atoms with Crippen LogP contribution in [-0.2, 0) is 18.2 Å². The van der Waals surface area contributed by atoms with Crippen LogP contribution in [0.1, 0.15) is 51.6 Å². The molecule has 0 radical (unpaired) electrons. The van der Waals surface area contributed by atoms with E-state index in [9.17, 15) is 4.79 Å². The standard InChI is InChI=1S/C18H32N4O2/c1-12(9-15-13(2)20-21(8)14(15)3)19-16(23)22-10-17(4,5)24-18(6,7)11-22/h12H,9-11H2,1-8H3,(H,19,23)/t12-/m1/s1. The minimum absolute atomic E-state index is 0.0221. The van der Waals surface area contributed by atoms with Crippen molar-refractivity contribution in [3.8, 4) is 0 Å². The van der Waals surface area contributed by atoms with Gasteiger partial charge in [-0.3, -0.25) is 4.68 Å². The van der Waals surface area contributed by atoms with Crippen molar-refractivity contribution in [1.82, 2.24) is 20.0 Å². The normalized spacial score (nSPS) is 20.8. The van der Waals surface area contributed by atoms with Crippen LogP contribution < -0.4 is 5.32 Å². The molecule has 6 nitrogen and oxygen atoms in total. The number of rotatable bonds is 3. The third-order valence-corrected chi connectivity index (χ3v) is 4.52. The fourth-order valence-corrected chi connectivity index (χ4v) is 3.70. The number of morpholine rings is 1. The number of hydrogen-bond acceptors (Lipinski definition) is 3. The van der Waals surface area contributed by atoms with Crippen LogP contribution in [0.2, 0.25) is 0 Å². The van der Waals surface area contributed by atoms with E-state index in [1.807, 2.05) is 58.2 Å². The first kappa shape index (κ1) is 18.8. The molecule has 1 aliphatic rings. The molecule has 2 heterocycles. The van der Waals surface area contributed by atoms with Gasteiger partial charge < -0.3 is 15.0 Å². The van der Waals surface area contributed by atoms with Gasteiger partial charge in [0, 0.05) is 18.8 Å². The lowest BCUT2D eigenvalue weighted by Crippen LogP contribution is -2.61. The summed E-state index contributed by atoms with van der Waals surface area (Å²) in [6, 6.07) is 0.0271. The van der Waals surface area contributed by atoms with E-state index in [1.54, 1.807) is 0 Å². The van der Waals surface area contributed by atoms with Gasteiger partial charge in [0.1, 0.15) is 0 Å². The van der Waals surface area contributed by atoms with Crippen LogP contribution in [0.3, 0.4) is 0 Å². The minimum atomic E-state index is -0.334. The summed E-state index contributed by atoms with van der Waals surface area (Å²) < 4.78 is 7.94. The number of carbonyl (C=O) groups excluding carboxylic acids is 1. The van der Waals surface area contributed by atoms with Gasteiger partial charge in [-0.15, -0.1) is 0 Å². The van der Waals surface area contributed by atoms with E-state index in [0.717, 1.165) is 17.8 Å². The topological polar surface area (TPSA) is 59.4 Å². The fraction of sp³-hybridized carbons (Fsp3) is 0.778. The molecule has 136 valence electrons. The molecule has 0 unspecified atom stereocenters. The van der Waals surface area contributed by atoms with Gasteiger partial charge in [-0.25, -0.2) is 4.79 Å². The van der Waals surface area contributed by atoms with Crippen molar-refractivity contribution in [1.29, 1.82) is 0 Å². The van der Waals surface area contributed by atoms with E-state index in [4.69, 9.17) is 4.74 Å². The summed E-state index contributed by atoms with van der Waals surface area (Å²) in [6.45, 7) is 15.4. The lowest BCUT2D eigenvalue weighted by atomic mass is 9.99. The Hall–Kier alpha value is -1.56. The molecule has 1 fully saturated rings. The van der Waals surface area contributed by atoms with Crippen LogP contribution in [0.4, 0.5) is 4.79 Å². The number of urea groups is 1. The third kappa shape index (κ3) is 4.29. The molecular weight excluding hydrogens is 304 g/mol. The summed E-state index contributed by atoms with van der Waals surface area (Å²) in [6.07, 6.45) is 0.786. The summed E-state index contributed by atoms with van der Waals surface area (Å²) in [5.41, 5.74) is 2.73. The predicted octanol–water partition coefficient (Wildman–Crippen LogP) is 2.57. The highest BCUT2D eigenvalue weighted by Crippen LogP contribution is 2.28. The predicted molar refractivity (Wildman–Crippen MR) is 95.2 cm³/mol. The molecule has 0 spiro atoms. The lowest BCUT2D eigenvalue weighted by Gasteiger charge is -2.47. The number of carbonyl (C=O) groups is 1. The average Bonchev–Trinajstić information content (AvgIpc) is 2.61. The van der Waals surface area contributed by atoms with Gasteiger partial charge in [0.15, 0.2) is 0 Å². The van der Waals surface area contributed by atoms with Gasteiger partial charge in [0.2, 0.25) is 0 Å². The van der Waals surface area contributed by atoms with Crippen LogP contribution in [0.25, 0.3) is 0 Å². The molecule has 2 amide bonds. The summed E-state index contributed by atoms with van der Waals surface area (Å²) >= 11 is 0. The molecule has 0 aromatic carbocycles. The van der Waals surface area contributed by atoms with Crippen molar-refractivity contribution in [2.75, 3.05) is 13.1 Å². The number of ether oxygens (including phenoxy) is 1. The van der Waals surface area contributed by atoms with Crippen molar-refractivity contribution < 1.29 is 9.53 Å². The van der Waals surface area contributed by atoms with Crippen molar-refractivity contribution in [2.24, 2.45) is 7.05 Å². The number of amides is 2. The quantitative estimate of drug-likeness (QED) is 0.923. The Balaban J connectivity index is 2.01. The van der Waals surface area contributed by atoms with Crippen LogP contribution >= 0.6 is 0 Å². The van der Waals surface area contributed by atoms with Crippen LogP contribution in [0, 0.1) is 13.8 Å². The summed E-state index contributed by atoms with van der Waals surface area (Å²) in [4.78, 5) is 14.6. The van der Waals surface area contributed by atoms with Crippen molar-refractivity contribution in [3.63, 3.8) is 0 Å². The largest absolute Gasteiger partial charge is 0.366 e. The number of nitrogens with zero attached hydrogens (tertiary/aromatic N) is 3. The molecular formula is C18H32N4O2. The first-order chi connectivity index (χ1) is 10.9. The molecule has 24 heavy (non-hydrogen) atoms. The highest BCUT2D eigenvalue weighted by atomic mass is 16.5. The molecule has 1 aromatic rings. The molecule has 6 heteroatoms. The third-order valence-electron chi connectivity index (χ3n) is 4.52. The smallest absolute Gasteiger partial charge is 0.317 e. The lowest BCUT2D eigenvalue weighted by molar-refractivity contribution is -0.170. The van der Waals surface area contributed by atoms with E-state index in [2.05, 4.69) is 17.3 Å². The van der Waals surface area contributed by atoms with E-state index in [1.165, 1.54) is 5.56 Å². The highest BCUT2D eigenvalue weighted by Gasteiger charge is 2.40. The summed E-state index contributed by atoms with van der Waals surface area (Å²) in [7, 11) is 1.95. The highest BCUT2D eigenvalue weighted by molar-refractivity contribution is 5.75. The van der Waals surface area contributed by atoms with E-state index >= 15 is 0 Å². The zero-order valence-corrected chi connectivity index (χ0v) is 16.4. The van der Waals surface area contributed by atoms with E-state index < -0.39 is 0 Å². The molecule has 2 rings (SSSR count). The number of hydrogen-bond donors (Lipinski definition) is 1. The second kappa shape index (κ2) is 6.39. The minimum Gasteiger partial charge on any atom is -0.366 e. The summed E-state index contributed by atoms with van der Waals surface area (Å²) in [5, 5.41) is 7.58. The second-order valence-corrected chi connectivity index (χ2v) is 8.31. The van der Waals surface area contributed by atoms with Gasteiger partial charge >= 0.3 is 6.03 Å². The molecule has 1 aromatic heterocycles. The average molecular weight is 336 g/mol. The molecule has 1 atom stereocenters. The van der Waals surface area contributed by atoms with E-state index in [0.29, 0.717) is 13.1 Å². The zero-order valence-electron chi connectivity index (χ0n) is 16.4. The molecule has 0 aliphatic carbocycles. The Bertz CT molecular complexity index is 603. The van der Waals surface area contributed by atoms with E-state index in [-0.39, 0.29) is 23.3 Å². The Morgan fingerprint density at radius 1 is 1.25 bits per heavy atom.